The summed E-state index contributed by atoms with van der Waals surface area (Å²) in [4.78, 5) is 34.9. The Morgan fingerprint density at radius 2 is 2.00 bits per heavy atom. The molecule has 0 amide bonds. The molecule has 1 aromatic heterocycles. The molecule has 0 aromatic carbocycles. The molecule has 1 heterocycles. The smallest absolute Gasteiger partial charge is 1.00 e. The van der Waals surface area contributed by atoms with Gasteiger partial charge in [0.1, 0.15) is 5.69 Å². The zero-order chi connectivity index (χ0) is 8.43. The summed E-state index contributed by atoms with van der Waals surface area (Å²) in [5.74, 6) is -1.34. The van der Waals surface area contributed by atoms with E-state index in [1.165, 1.54) is 0 Å². The predicted octanol–water partition coefficient (Wildman–Crippen LogP) is -1.39. The van der Waals surface area contributed by atoms with Crippen LogP contribution < -0.4 is 11.2 Å². The third kappa shape index (κ3) is 2.51. The molecule has 0 fully saturated rings. The molecule has 1 rings (SSSR count). The first-order valence-electron chi connectivity index (χ1n) is 2.66. The van der Waals surface area contributed by atoms with Crippen LogP contribution in [0.5, 0.6) is 0 Å². The first-order chi connectivity index (χ1) is 5.09. The van der Waals surface area contributed by atoms with Gasteiger partial charge in [-0.15, -0.1) is 0 Å². The molecule has 0 radical (unpaired) electrons. The van der Waals surface area contributed by atoms with Gasteiger partial charge >= 0.3 is 34.7 Å². The van der Waals surface area contributed by atoms with Gasteiger partial charge in [-0.2, -0.15) is 0 Å². The second-order valence-corrected chi connectivity index (χ2v) is 1.81. The Morgan fingerprint density at radius 3 is 2.42 bits per heavy atom. The number of aromatic carboxylic acids is 1. The van der Waals surface area contributed by atoms with Crippen molar-refractivity contribution in [3.8, 4) is 0 Å². The van der Waals surface area contributed by atoms with Gasteiger partial charge in [-0.25, -0.2) is 9.59 Å². The maximum Gasteiger partial charge on any atom is 2.00 e. The van der Waals surface area contributed by atoms with Gasteiger partial charge in [0.2, 0.25) is 0 Å². The average Bonchev–Trinajstić information content (AvgIpc) is 1.85. The number of aromatic nitrogens is 2. The minimum Gasteiger partial charge on any atom is -1.00 e. The molecule has 7 heteroatoms. The maximum atomic E-state index is 10.5. The SMILES string of the molecule is O=C(O)c1cc(=O)[nH]c(=O)[nH]1.[H-].[H-].[Mg+2]. The normalized spacial score (nSPS) is 8.67. The van der Waals surface area contributed by atoms with Crippen LogP contribution in [0, 0.1) is 0 Å². The van der Waals surface area contributed by atoms with E-state index in [9.17, 15) is 14.4 Å². The van der Waals surface area contributed by atoms with Crippen LogP contribution in [0.3, 0.4) is 0 Å². The number of carboxylic acids is 1. The van der Waals surface area contributed by atoms with Crippen LogP contribution in [-0.4, -0.2) is 44.1 Å². The third-order valence-electron chi connectivity index (χ3n) is 0.991. The van der Waals surface area contributed by atoms with Crippen molar-refractivity contribution < 1.29 is 12.8 Å². The molecule has 0 atom stereocenters. The number of rotatable bonds is 1. The zero-order valence-corrected chi connectivity index (χ0v) is 7.37. The summed E-state index contributed by atoms with van der Waals surface area (Å²) in [6, 6.07) is 0.795. The standard InChI is InChI=1S/C5H4N2O4.Mg.2H/c8-3-1-2(4(9)10)6-5(11)7-3;;;/h1H,(H,9,10)(H2,6,7,8,11);;;/q;+2;2*-1. The number of H-pyrrole nitrogens is 2. The Balaban J connectivity index is -0.000000403. The van der Waals surface area contributed by atoms with E-state index in [0.29, 0.717) is 0 Å². The molecule has 0 bridgehead atoms. The molecule has 12 heavy (non-hydrogen) atoms. The molecular weight excluding hydrogens is 176 g/mol. The molecule has 0 unspecified atom stereocenters. The molecule has 1 aromatic rings. The molecule has 0 aliphatic carbocycles. The van der Waals surface area contributed by atoms with E-state index in [-0.39, 0.29) is 25.9 Å². The Morgan fingerprint density at radius 1 is 1.42 bits per heavy atom. The Labute approximate surface area is 84.8 Å². The van der Waals surface area contributed by atoms with E-state index in [0.717, 1.165) is 6.07 Å². The number of hydrogen-bond acceptors (Lipinski definition) is 3. The minimum atomic E-state index is -1.34. The van der Waals surface area contributed by atoms with Crippen molar-refractivity contribution in [1.82, 2.24) is 9.97 Å². The van der Waals surface area contributed by atoms with E-state index in [1.54, 1.807) is 0 Å². The number of hydrogen-bond donors (Lipinski definition) is 3. The van der Waals surface area contributed by atoms with Crippen LogP contribution in [0.1, 0.15) is 13.3 Å². The van der Waals surface area contributed by atoms with E-state index in [1.807, 2.05) is 9.97 Å². The van der Waals surface area contributed by atoms with Crippen molar-refractivity contribution in [1.29, 1.82) is 0 Å². The molecule has 0 saturated carbocycles. The Hall–Kier alpha value is -1.08. The second-order valence-electron chi connectivity index (χ2n) is 1.81. The third-order valence-corrected chi connectivity index (χ3v) is 0.991. The van der Waals surface area contributed by atoms with E-state index < -0.39 is 22.9 Å². The van der Waals surface area contributed by atoms with Gasteiger partial charge in [0.25, 0.3) is 5.56 Å². The van der Waals surface area contributed by atoms with Crippen molar-refractivity contribution in [3.05, 3.63) is 32.6 Å². The summed E-state index contributed by atoms with van der Waals surface area (Å²) < 4.78 is 0. The quantitative estimate of drug-likeness (QED) is 0.465. The molecule has 0 aliphatic heterocycles. The Kier molecular flexibility index (Phi) is 3.70. The first kappa shape index (κ1) is 10.9. The van der Waals surface area contributed by atoms with Gasteiger partial charge in [-0.3, -0.25) is 9.78 Å². The van der Waals surface area contributed by atoms with E-state index >= 15 is 0 Å². The maximum absolute atomic E-state index is 10.5. The fraction of sp³-hybridized carbons (Fsp3) is 0. The van der Waals surface area contributed by atoms with Crippen LogP contribution in [0.4, 0.5) is 0 Å². The summed E-state index contributed by atoms with van der Waals surface area (Å²) in [5, 5.41) is 8.31. The number of aromatic amines is 2. The van der Waals surface area contributed by atoms with E-state index in [2.05, 4.69) is 0 Å². The summed E-state index contributed by atoms with van der Waals surface area (Å²) in [6.45, 7) is 0. The van der Waals surface area contributed by atoms with Crippen molar-refractivity contribution in [2.45, 2.75) is 0 Å². The predicted molar refractivity (Wildman–Crippen MR) is 42.6 cm³/mol. The van der Waals surface area contributed by atoms with Crippen LogP contribution in [-0.2, 0) is 0 Å². The van der Waals surface area contributed by atoms with Crippen molar-refractivity contribution in [3.63, 3.8) is 0 Å². The summed E-state index contributed by atoms with van der Waals surface area (Å²) >= 11 is 0. The van der Waals surface area contributed by atoms with Gasteiger partial charge in [0.05, 0.1) is 0 Å². The largest absolute Gasteiger partial charge is 2.00 e. The van der Waals surface area contributed by atoms with Gasteiger partial charge in [-0.05, 0) is 0 Å². The first-order valence-corrected chi connectivity index (χ1v) is 2.66. The molecule has 62 valence electrons. The zero-order valence-electron chi connectivity index (χ0n) is 7.96. The molecule has 6 nitrogen and oxygen atoms in total. The van der Waals surface area contributed by atoms with Gasteiger partial charge in [0, 0.05) is 6.07 Å². The van der Waals surface area contributed by atoms with Gasteiger partial charge in [0.15, 0.2) is 0 Å². The Bertz CT molecular complexity index is 373. The summed E-state index contributed by atoms with van der Waals surface area (Å²) in [6.07, 6.45) is 0. The average molecular weight is 182 g/mol. The van der Waals surface area contributed by atoms with Gasteiger partial charge < -0.3 is 12.9 Å². The van der Waals surface area contributed by atoms with E-state index in [4.69, 9.17) is 5.11 Å². The minimum absolute atomic E-state index is 0. The van der Waals surface area contributed by atoms with Crippen molar-refractivity contribution in [2.75, 3.05) is 0 Å². The molecule has 0 spiro atoms. The van der Waals surface area contributed by atoms with Crippen molar-refractivity contribution >= 4 is 29.0 Å². The number of carbonyl (C=O) groups is 1. The van der Waals surface area contributed by atoms with Crippen LogP contribution in [0.2, 0.25) is 0 Å². The van der Waals surface area contributed by atoms with Crippen LogP contribution in [0.25, 0.3) is 0 Å². The summed E-state index contributed by atoms with van der Waals surface area (Å²) in [5.41, 5.74) is -1.97. The molecule has 3 N–H and O–H groups in total. The van der Waals surface area contributed by atoms with Crippen LogP contribution in [0.15, 0.2) is 15.7 Å². The number of nitrogens with one attached hydrogen (secondary N) is 2. The topological polar surface area (TPSA) is 103 Å². The van der Waals surface area contributed by atoms with Crippen LogP contribution >= 0.6 is 0 Å². The molecule has 0 aliphatic rings. The van der Waals surface area contributed by atoms with Gasteiger partial charge in [-0.1, -0.05) is 0 Å². The molecule has 0 saturated heterocycles. The molecular formula is C5H6MgN2O4. The second kappa shape index (κ2) is 4.07. The summed E-state index contributed by atoms with van der Waals surface area (Å²) in [7, 11) is 0. The van der Waals surface area contributed by atoms with Crippen molar-refractivity contribution in [2.24, 2.45) is 0 Å². The fourth-order valence-corrected chi connectivity index (χ4v) is 0.584. The number of carboxylic acid groups (broad SMARTS) is 1. The fourth-order valence-electron chi connectivity index (χ4n) is 0.584. The monoisotopic (exact) mass is 182 g/mol.